The van der Waals surface area contributed by atoms with E-state index in [-0.39, 0.29) is 11.8 Å². The third kappa shape index (κ3) is 4.74. The van der Waals surface area contributed by atoms with Gasteiger partial charge in [-0.1, -0.05) is 18.7 Å². The van der Waals surface area contributed by atoms with Crippen molar-refractivity contribution in [1.82, 2.24) is 15.0 Å². The van der Waals surface area contributed by atoms with Crippen LogP contribution in [0.15, 0.2) is 5.16 Å². The molecular weight excluding hydrogens is 252 g/mol. The van der Waals surface area contributed by atoms with E-state index in [0.29, 0.717) is 17.1 Å². The molecule has 0 fully saturated rings. The summed E-state index contributed by atoms with van der Waals surface area (Å²) >= 11 is 1.19. The molecule has 0 aliphatic carbocycles. The summed E-state index contributed by atoms with van der Waals surface area (Å²) in [5.74, 6) is 0.706. The summed E-state index contributed by atoms with van der Waals surface area (Å²) in [4.78, 5) is 23.3. The second-order valence-corrected chi connectivity index (χ2v) is 4.67. The number of rotatable bonds is 7. The first-order chi connectivity index (χ1) is 8.55. The Morgan fingerprint density at radius 2 is 2.06 bits per heavy atom. The highest BCUT2D eigenvalue weighted by Crippen LogP contribution is 2.16. The Kier molecular flexibility index (Phi) is 5.63. The molecule has 1 amide bonds. The molecule has 0 saturated heterocycles. The number of amides is 1. The van der Waals surface area contributed by atoms with Crippen molar-refractivity contribution >= 4 is 29.6 Å². The van der Waals surface area contributed by atoms with Gasteiger partial charge in [0.05, 0.1) is 5.75 Å². The minimum absolute atomic E-state index is 0.149. The molecule has 1 aromatic rings. The summed E-state index contributed by atoms with van der Waals surface area (Å²) in [5.41, 5.74) is 5.09. The fourth-order valence-electron chi connectivity index (χ4n) is 1.06. The first-order valence-electron chi connectivity index (χ1n) is 5.66. The van der Waals surface area contributed by atoms with Gasteiger partial charge in [-0.25, -0.2) is 0 Å². The van der Waals surface area contributed by atoms with E-state index in [0.717, 1.165) is 6.42 Å². The quantitative estimate of drug-likeness (QED) is 0.626. The van der Waals surface area contributed by atoms with E-state index < -0.39 is 5.91 Å². The Hall–Kier alpha value is -1.57. The molecule has 1 unspecified atom stereocenters. The van der Waals surface area contributed by atoms with Crippen molar-refractivity contribution in [3.05, 3.63) is 0 Å². The molecule has 1 rings (SSSR count). The van der Waals surface area contributed by atoms with Crippen LogP contribution >= 0.6 is 11.8 Å². The minimum Gasteiger partial charge on any atom is -0.369 e. The maximum atomic E-state index is 10.7. The number of nitrogens with two attached hydrogens (primary N) is 1. The molecule has 7 nitrogen and oxygen atoms in total. The topological polar surface area (TPSA) is 106 Å². The van der Waals surface area contributed by atoms with Crippen LogP contribution in [0.1, 0.15) is 20.3 Å². The lowest BCUT2D eigenvalue weighted by Crippen LogP contribution is -2.17. The van der Waals surface area contributed by atoms with Crippen LogP contribution in [0.2, 0.25) is 0 Å². The van der Waals surface area contributed by atoms with Crippen molar-refractivity contribution in [2.24, 2.45) is 5.73 Å². The van der Waals surface area contributed by atoms with Gasteiger partial charge in [0.15, 0.2) is 5.16 Å². The molecule has 4 N–H and O–H groups in total. The lowest BCUT2D eigenvalue weighted by atomic mass is 10.3. The van der Waals surface area contributed by atoms with Crippen LogP contribution in [0.5, 0.6) is 0 Å². The van der Waals surface area contributed by atoms with E-state index in [9.17, 15) is 4.79 Å². The number of aromatic nitrogens is 3. The van der Waals surface area contributed by atoms with Crippen LogP contribution in [-0.4, -0.2) is 39.7 Å². The van der Waals surface area contributed by atoms with Crippen LogP contribution in [0.25, 0.3) is 0 Å². The molecule has 8 heteroatoms. The zero-order valence-electron chi connectivity index (χ0n) is 10.7. The summed E-state index contributed by atoms with van der Waals surface area (Å²) < 4.78 is 0. The number of hydrogen-bond acceptors (Lipinski definition) is 7. The highest BCUT2D eigenvalue weighted by molar-refractivity contribution is 7.99. The first kappa shape index (κ1) is 14.5. The van der Waals surface area contributed by atoms with Crippen molar-refractivity contribution in [3.63, 3.8) is 0 Å². The van der Waals surface area contributed by atoms with Gasteiger partial charge in [0.25, 0.3) is 0 Å². The van der Waals surface area contributed by atoms with Crippen molar-refractivity contribution in [3.8, 4) is 0 Å². The normalized spacial score (nSPS) is 11.9. The SMILES string of the molecule is CCC(C)Nc1nc(NC)nc(SCC(N)=O)n1. The van der Waals surface area contributed by atoms with Crippen molar-refractivity contribution in [1.29, 1.82) is 0 Å². The Balaban J connectivity index is 2.83. The van der Waals surface area contributed by atoms with Crippen LogP contribution in [0, 0.1) is 0 Å². The van der Waals surface area contributed by atoms with E-state index >= 15 is 0 Å². The number of thioether (sulfide) groups is 1. The fourth-order valence-corrected chi connectivity index (χ4v) is 1.63. The molecule has 0 aromatic carbocycles. The third-order valence-corrected chi connectivity index (χ3v) is 3.04. The second-order valence-electron chi connectivity index (χ2n) is 3.72. The van der Waals surface area contributed by atoms with Crippen LogP contribution in [0.3, 0.4) is 0 Å². The molecule has 1 atom stereocenters. The number of nitrogens with one attached hydrogen (secondary N) is 2. The number of anilines is 2. The highest BCUT2D eigenvalue weighted by Gasteiger charge is 2.09. The van der Waals surface area contributed by atoms with Crippen LogP contribution < -0.4 is 16.4 Å². The number of carbonyl (C=O) groups excluding carboxylic acids is 1. The zero-order chi connectivity index (χ0) is 13.5. The monoisotopic (exact) mass is 270 g/mol. The summed E-state index contributed by atoms with van der Waals surface area (Å²) in [5, 5.41) is 6.49. The zero-order valence-corrected chi connectivity index (χ0v) is 11.5. The summed E-state index contributed by atoms with van der Waals surface area (Å²) in [6.45, 7) is 4.11. The van der Waals surface area contributed by atoms with E-state index in [2.05, 4.69) is 32.5 Å². The molecular formula is C10H18N6OS. The highest BCUT2D eigenvalue weighted by atomic mass is 32.2. The minimum atomic E-state index is -0.400. The lowest BCUT2D eigenvalue weighted by molar-refractivity contribution is -0.115. The standard InChI is InChI=1S/C10H18N6OS/c1-4-6(2)13-9-14-8(12-3)15-10(16-9)18-5-7(11)17/h6H,4-5H2,1-3H3,(H2,11,17)(H2,12,13,14,15,16). The van der Waals surface area contributed by atoms with E-state index in [4.69, 9.17) is 5.73 Å². The summed E-state index contributed by atoms with van der Waals surface area (Å²) in [6, 6.07) is 0.270. The largest absolute Gasteiger partial charge is 0.369 e. The Labute approximate surface area is 110 Å². The summed E-state index contributed by atoms with van der Waals surface area (Å²) in [7, 11) is 1.73. The van der Waals surface area contributed by atoms with Gasteiger partial charge in [-0.15, -0.1) is 0 Å². The van der Waals surface area contributed by atoms with Gasteiger partial charge in [-0.05, 0) is 13.3 Å². The van der Waals surface area contributed by atoms with E-state index in [1.165, 1.54) is 11.8 Å². The third-order valence-electron chi connectivity index (χ3n) is 2.17. The van der Waals surface area contributed by atoms with Gasteiger partial charge >= 0.3 is 0 Å². The second kappa shape index (κ2) is 7.00. The Bertz CT molecular complexity index is 413. The van der Waals surface area contributed by atoms with E-state index in [1.807, 2.05) is 6.92 Å². The fraction of sp³-hybridized carbons (Fsp3) is 0.600. The van der Waals surface area contributed by atoms with Crippen molar-refractivity contribution in [2.45, 2.75) is 31.5 Å². The van der Waals surface area contributed by atoms with Gasteiger partial charge in [-0.2, -0.15) is 15.0 Å². The predicted molar refractivity (Wildman–Crippen MR) is 72.7 cm³/mol. The first-order valence-corrected chi connectivity index (χ1v) is 6.65. The maximum absolute atomic E-state index is 10.7. The predicted octanol–water partition coefficient (Wildman–Crippen LogP) is 0.701. The van der Waals surface area contributed by atoms with Crippen LogP contribution in [-0.2, 0) is 4.79 Å². The molecule has 0 aliphatic heterocycles. The number of carbonyl (C=O) groups is 1. The lowest BCUT2D eigenvalue weighted by Gasteiger charge is -2.12. The van der Waals surface area contributed by atoms with Gasteiger partial charge in [-0.3, -0.25) is 4.79 Å². The summed E-state index contributed by atoms with van der Waals surface area (Å²) in [6.07, 6.45) is 0.963. The molecule has 18 heavy (non-hydrogen) atoms. The van der Waals surface area contributed by atoms with Gasteiger partial charge < -0.3 is 16.4 Å². The molecule has 1 aromatic heterocycles. The molecule has 0 saturated carbocycles. The van der Waals surface area contributed by atoms with Gasteiger partial charge in [0, 0.05) is 13.1 Å². The van der Waals surface area contributed by atoms with Gasteiger partial charge in [0.2, 0.25) is 17.8 Å². The molecule has 0 radical (unpaired) electrons. The van der Waals surface area contributed by atoms with Crippen molar-refractivity contribution < 1.29 is 4.79 Å². The van der Waals surface area contributed by atoms with Crippen molar-refractivity contribution in [2.75, 3.05) is 23.4 Å². The maximum Gasteiger partial charge on any atom is 0.228 e. The molecule has 0 aliphatic rings. The number of hydrogen-bond donors (Lipinski definition) is 3. The molecule has 100 valence electrons. The molecule has 1 heterocycles. The number of primary amides is 1. The molecule has 0 bridgehead atoms. The Morgan fingerprint density at radius 3 is 2.61 bits per heavy atom. The number of nitrogens with zero attached hydrogens (tertiary/aromatic N) is 3. The smallest absolute Gasteiger partial charge is 0.228 e. The van der Waals surface area contributed by atoms with Gasteiger partial charge in [0.1, 0.15) is 0 Å². The average molecular weight is 270 g/mol. The Morgan fingerprint density at radius 1 is 1.39 bits per heavy atom. The van der Waals surface area contributed by atoms with E-state index in [1.54, 1.807) is 7.05 Å². The average Bonchev–Trinajstić information content (AvgIpc) is 2.35. The molecule has 0 spiro atoms. The van der Waals surface area contributed by atoms with Crippen LogP contribution in [0.4, 0.5) is 11.9 Å².